The average Bonchev–Trinajstić information content (AvgIpc) is 2.29. The Labute approximate surface area is 102 Å². The Morgan fingerprint density at radius 1 is 1.06 bits per heavy atom. The highest BCUT2D eigenvalue weighted by Crippen LogP contribution is 2.28. The summed E-state index contributed by atoms with van der Waals surface area (Å²) in [5.74, 6) is 0.107. The second-order valence-corrected chi connectivity index (χ2v) is 7.46. The van der Waals surface area contributed by atoms with Crippen LogP contribution in [0.3, 0.4) is 0 Å². The van der Waals surface area contributed by atoms with Crippen LogP contribution in [0.5, 0.6) is 0 Å². The van der Waals surface area contributed by atoms with Crippen LogP contribution in [0.15, 0.2) is 0 Å². The van der Waals surface area contributed by atoms with Gasteiger partial charge in [-0.25, -0.2) is 8.42 Å². The van der Waals surface area contributed by atoms with Crippen molar-refractivity contribution in [1.82, 2.24) is 4.90 Å². The van der Waals surface area contributed by atoms with Gasteiger partial charge in [-0.1, -0.05) is 19.3 Å². The van der Waals surface area contributed by atoms with Crippen LogP contribution in [-0.4, -0.2) is 49.4 Å². The molecule has 5 nitrogen and oxygen atoms in total. The molecule has 0 radical (unpaired) electrons. The minimum atomic E-state index is -2.93. The highest BCUT2D eigenvalue weighted by Gasteiger charge is 2.39. The first-order valence-corrected chi connectivity index (χ1v) is 8.04. The third-order valence-corrected chi connectivity index (χ3v) is 5.41. The molecule has 1 saturated heterocycles. The summed E-state index contributed by atoms with van der Waals surface area (Å²) in [6.07, 6.45) is 4.59. The summed E-state index contributed by atoms with van der Waals surface area (Å²) in [7, 11) is -2.93. The maximum Gasteiger partial charge on any atom is 0.242 e. The summed E-state index contributed by atoms with van der Waals surface area (Å²) in [6, 6.07) is 0. The van der Waals surface area contributed by atoms with E-state index >= 15 is 0 Å². The van der Waals surface area contributed by atoms with Gasteiger partial charge < -0.3 is 10.6 Å². The number of nitrogens with zero attached hydrogens (tertiary/aromatic N) is 1. The van der Waals surface area contributed by atoms with Crippen molar-refractivity contribution in [3.8, 4) is 0 Å². The third kappa shape index (κ3) is 2.80. The maximum absolute atomic E-state index is 12.3. The summed E-state index contributed by atoms with van der Waals surface area (Å²) in [5, 5.41) is 0. The Kier molecular flexibility index (Phi) is 3.45. The molecular formula is C11H20N2O3S. The molecule has 0 unspecified atom stereocenters. The Morgan fingerprint density at radius 3 is 2.12 bits per heavy atom. The van der Waals surface area contributed by atoms with E-state index in [9.17, 15) is 13.2 Å². The van der Waals surface area contributed by atoms with Crippen molar-refractivity contribution < 1.29 is 13.2 Å². The molecule has 2 N–H and O–H groups in total. The van der Waals surface area contributed by atoms with Gasteiger partial charge in [-0.3, -0.25) is 4.79 Å². The lowest BCUT2D eigenvalue weighted by molar-refractivity contribution is -0.137. The molecule has 6 heteroatoms. The van der Waals surface area contributed by atoms with Gasteiger partial charge in [0, 0.05) is 13.1 Å². The minimum Gasteiger partial charge on any atom is -0.339 e. The fourth-order valence-electron chi connectivity index (χ4n) is 2.63. The largest absolute Gasteiger partial charge is 0.339 e. The monoisotopic (exact) mass is 260 g/mol. The first-order chi connectivity index (χ1) is 7.93. The van der Waals surface area contributed by atoms with Crippen molar-refractivity contribution in [2.45, 2.75) is 37.6 Å². The van der Waals surface area contributed by atoms with Crippen LogP contribution in [0.2, 0.25) is 0 Å². The van der Waals surface area contributed by atoms with Gasteiger partial charge in [-0.05, 0) is 12.8 Å². The SMILES string of the molecule is NC1(C(=O)N2CCS(=O)(=O)CC2)CCCCC1. The standard InChI is InChI=1S/C11H20N2O3S/c12-11(4-2-1-3-5-11)10(14)13-6-8-17(15,16)9-7-13/h1-9,12H2. The second-order valence-electron chi connectivity index (χ2n) is 5.16. The van der Waals surface area contributed by atoms with Crippen molar-refractivity contribution in [3.63, 3.8) is 0 Å². The topological polar surface area (TPSA) is 80.5 Å². The van der Waals surface area contributed by atoms with Crippen molar-refractivity contribution in [3.05, 3.63) is 0 Å². The van der Waals surface area contributed by atoms with Crippen molar-refractivity contribution in [2.24, 2.45) is 5.73 Å². The van der Waals surface area contributed by atoms with Gasteiger partial charge in [0.05, 0.1) is 17.0 Å². The molecule has 98 valence electrons. The Bertz CT molecular complexity index is 385. The Morgan fingerprint density at radius 2 is 1.59 bits per heavy atom. The second kappa shape index (κ2) is 4.57. The number of rotatable bonds is 1. The fraction of sp³-hybridized carbons (Fsp3) is 0.909. The highest BCUT2D eigenvalue weighted by molar-refractivity contribution is 7.91. The molecular weight excluding hydrogens is 240 g/mol. The predicted molar refractivity (Wildman–Crippen MR) is 65.2 cm³/mol. The van der Waals surface area contributed by atoms with Gasteiger partial charge in [-0.2, -0.15) is 0 Å². The molecule has 1 saturated carbocycles. The molecule has 17 heavy (non-hydrogen) atoms. The predicted octanol–water partition coefficient (Wildman–Crippen LogP) is -0.0950. The third-order valence-electron chi connectivity index (χ3n) is 3.80. The number of amides is 1. The molecule has 1 aliphatic heterocycles. The summed E-state index contributed by atoms with van der Waals surface area (Å²) in [6.45, 7) is 0.611. The lowest BCUT2D eigenvalue weighted by Crippen LogP contribution is -2.58. The number of hydrogen-bond donors (Lipinski definition) is 1. The lowest BCUT2D eigenvalue weighted by atomic mass is 9.81. The molecule has 0 aromatic carbocycles. The van der Waals surface area contributed by atoms with E-state index in [4.69, 9.17) is 5.73 Å². The van der Waals surface area contributed by atoms with Crippen LogP contribution in [-0.2, 0) is 14.6 Å². The van der Waals surface area contributed by atoms with Gasteiger partial charge >= 0.3 is 0 Å². The lowest BCUT2D eigenvalue weighted by Gasteiger charge is -2.38. The Hall–Kier alpha value is -0.620. The molecule has 0 aromatic heterocycles. The molecule has 2 rings (SSSR count). The maximum atomic E-state index is 12.3. The van der Waals surface area contributed by atoms with Crippen molar-refractivity contribution in [1.29, 1.82) is 0 Å². The zero-order chi connectivity index (χ0) is 12.5. The molecule has 0 spiro atoms. The van der Waals surface area contributed by atoms with Crippen LogP contribution < -0.4 is 5.73 Å². The first-order valence-electron chi connectivity index (χ1n) is 6.22. The first kappa shape index (κ1) is 12.8. The van der Waals surface area contributed by atoms with Gasteiger partial charge in [0.2, 0.25) is 5.91 Å². The Balaban J connectivity index is 2.01. The number of nitrogens with two attached hydrogens (primary N) is 1. The summed E-state index contributed by atoms with van der Waals surface area (Å²) in [5.41, 5.74) is 5.42. The van der Waals surface area contributed by atoms with E-state index < -0.39 is 15.4 Å². The van der Waals surface area contributed by atoms with Gasteiger partial charge in [0.15, 0.2) is 9.84 Å². The van der Waals surface area contributed by atoms with Crippen molar-refractivity contribution >= 4 is 15.7 Å². The van der Waals surface area contributed by atoms with E-state index in [1.807, 2.05) is 0 Å². The molecule has 2 fully saturated rings. The van der Waals surface area contributed by atoms with Gasteiger partial charge in [0.25, 0.3) is 0 Å². The van der Waals surface area contributed by atoms with Gasteiger partial charge in [0.1, 0.15) is 0 Å². The zero-order valence-corrected chi connectivity index (χ0v) is 10.8. The van der Waals surface area contributed by atoms with Crippen LogP contribution >= 0.6 is 0 Å². The number of carbonyl (C=O) groups is 1. The fourth-order valence-corrected chi connectivity index (χ4v) is 3.83. The quantitative estimate of drug-likeness (QED) is 0.714. The van der Waals surface area contributed by atoms with E-state index in [1.165, 1.54) is 0 Å². The summed E-state index contributed by atoms with van der Waals surface area (Å²) in [4.78, 5) is 13.9. The van der Waals surface area contributed by atoms with E-state index in [0.717, 1.165) is 32.1 Å². The van der Waals surface area contributed by atoms with Crippen LogP contribution in [0.4, 0.5) is 0 Å². The summed E-state index contributed by atoms with van der Waals surface area (Å²) >= 11 is 0. The van der Waals surface area contributed by atoms with Gasteiger partial charge in [-0.15, -0.1) is 0 Å². The van der Waals surface area contributed by atoms with Crippen molar-refractivity contribution in [2.75, 3.05) is 24.6 Å². The molecule has 1 heterocycles. The van der Waals surface area contributed by atoms with E-state index in [1.54, 1.807) is 4.90 Å². The molecule has 1 aliphatic carbocycles. The molecule has 0 bridgehead atoms. The van der Waals surface area contributed by atoms with E-state index in [2.05, 4.69) is 0 Å². The highest BCUT2D eigenvalue weighted by atomic mass is 32.2. The van der Waals surface area contributed by atoms with E-state index in [-0.39, 0.29) is 17.4 Å². The van der Waals surface area contributed by atoms with Crippen LogP contribution in [0.25, 0.3) is 0 Å². The minimum absolute atomic E-state index is 0.0490. The van der Waals surface area contributed by atoms with Crippen LogP contribution in [0, 0.1) is 0 Å². The molecule has 1 amide bonds. The number of carbonyl (C=O) groups excluding carboxylic acids is 1. The molecule has 0 atom stereocenters. The number of sulfone groups is 1. The average molecular weight is 260 g/mol. The molecule has 0 aromatic rings. The zero-order valence-electron chi connectivity index (χ0n) is 10.0. The normalized spacial score (nSPS) is 27.7. The van der Waals surface area contributed by atoms with E-state index in [0.29, 0.717) is 13.1 Å². The molecule has 2 aliphatic rings. The number of hydrogen-bond acceptors (Lipinski definition) is 4. The van der Waals surface area contributed by atoms with Crippen LogP contribution in [0.1, 0.15) is 32.1 Å². The smallest absolute Gasteiger partial charge is 0.242 e. The summed E-state index contributed by atoms with van der Waals surface area (Å²) < 4.78 is 22.6.